The van der Waals surface area contributed by atoms with Crippen LogP contribution in [-0.2, 0) is 4.79 Å². The fraction of sp³-hybridized carbons (Fsp3) is 0.250. The molecule has 16 heavy (non-hydrogen) atoms. The van der Waals surface area contributed by atoms with Crippen LogP contribution in [0.4, 0.5) is 0 Å². The molecule has 0 radical (unpaired) electrons. The summed E-state index contributed by atoms with van der Waals surface area (Å²) in [7, 11) is 0. The number of nitrogens with zero attached hydrogens (tertiary/aromatic N) is 2. The average molecular weight is 240 g/mol. The summed E-state index contributed by atoms with van der Waals surface area (Å²) in [4.78, 5) is 28.7. The molecule has 2 heterocycles. The molecule has 0 aromatic carbocycles. The molecule has 2 aromatic rings. The topological polar surface area (TPSA) is 112 Å². The van der Waals surface area contributed by atoms with Crippen molar-refractivity contribution in [2.75, 3.05) is 0 Å². The Bertz CT molecular complexity index is 590. The number of carboxylic acid groups (broad SMARTS) is 1. The predicted molar refractivity (Wildman–Crippen MR) is 57.5 cm³/mol. The van der Waals surface area contributed by atoms with Gasteiger partial charge in [-0.1, -0.05) is 11.8 Å². The van der Waals surface area contributed by atoms with Crippen molar-refractivity contribution in [3.63, 3.8) is 0 Å². The Kier molecular flexibility index (Phi) is 2.65. The number of H-pyrrole nitrogens is 2. The van der Waals surface area contributed by atoms with Crippen molar-refractivity contribution in [1.82, 2.24) is 20.2 Å². The van der Waals surface area contributed by atoms with Gasteiger partial charge < -0.3 is 10.1 Å². The third-order valence-corrected chi connectivity index (χ3v) is 2.91. The average Bonchev–Trinajstić information content (AvgIpc) is 2.65. The van der Waals surface area contributed by atoms with Crippen LogP contribution in [0.3, 0.4) is 0 Å². The number of aliphatic carboxylic acids is 1. The first-order valence-corrected chi connectivity index (χ1v) is 5.29. The Morgan fingerprint density at radius 3 is 3.06 bits per heavy atom. The lowest BCUT2D eigenvalue weighted by Gasteiger charge is -2.03. The number of rotatable bonds is 3. The van der Waals surface area contributed by atoms with Gasteiger partial charge in [0.05, 0.1) is 6.20 Å². The van der Waals surface area contributed by atoms with E-state index in [-0.39, 0.29) is 10.7 Å². The van der Waals surface area contributed by atoms with Gasteiger partial charge in [0.15, 0.2) is 10.8 Å². The van der Waals surface area contributed by atoms with Crippen molar-refractivity contribution in [2.45, 2.75) is 17.3 Å². The first-order valence-electron chi connectivity index (χ1n) is 4.41. The minimum atomic E-state index is -0.961. The molecule has 2 rings (SSSR count). The molecule has 8 heteroatoms. The van der Waals surface area contributed by atoms with Gasteiger partial charge in [0.2, 0.25) is 0 Å². The molecule has 7 nitrogen and oxygen atoms in total. The molecule has 0 amide bonds. The maximum Gasteiger partial charge on any atom is 0.316 e. The second-order valence-electron chi connectivity index (χ2n) is 3.10. The third kappa shape index (κ3) is 1.91. The highest BCUT2D eigenvalue weighted by Gasteiger charge is 2.15. The summed E-state index contributed by atoms with van der Waals surface area (Å²) in [5, 5.41) is 14.9. The standard InChI is InChI=1S/C8H8N4O3S/c1-3(7(14)15)16-8-10-5-4(2-9-12-5)6(13)11-8/h2-3H,1H3,(H,14,15)(H2,9,10,11,12,13)/t3-/m0/s1. The van der Waals surface area contributed by atoms with Gasteiger partial charge in [0.1, 0.15) is 10.6 Å². The van der Waals surface area contributed by atoms with E-state index in [0.29, 0.717) is 11.0 Å². The zero-order valence-electron chi connectivity index (χ0n) is 8.22. The van der Waals surface area contributed by atoms with Crippen LogP contribution in [0.5, 0.6) is 0 Å². The van der Waals surface area contributed by atoms with Crippen LogP contribution in [0.25, 0.3) is 11.0 Å². The van der Waals surface area contributed by atoms with Crippen molar-refractivity contribution in [3.8, 4) is 0 Å². The van der Waals surface area contributed by atoms with Gasteiger partial charge in [-0.15, -0.1) is 0 Å². The first kappa shape index (κ1) is 10.7. The van der Waals surface area contributed by atoms with E-state index in [0.717, 1.165) is 11.8 Å². The Balaban J connectivity index is 2.39. The molecule has 0 aliphatic rings. The second-order valence-corrected chi connectivity index (χ2v) is 4.43. The van der Waals surface area contributed by atoms with Gasteiger partial charge in [0, 0.05) is 0 Å². The van der Waals surface area contributed by atoms with Gasteiger partial charge >= 0.3 is 5.97 Å². The van der Waals surface area contributed by atoms with E-state index in [2.05, 4.69) is 20.2 Å². The van der Waals surface area contributed by atoms with E-state index in [4.69, 9.17) is 5.11 Å². The summed E-state index contributed by atoms with van der Waals surface area (Å²) in [6, 6.07) is 0. The number of carbonyl (C=O) groups is 1. The smallest absolute Gasteiger partial charge is 0.316 e. The molecule has 1 atom stereocenters. The first-order chi connectivity index (χ1) is 7.58. The quantitative estimate of drug-likeness (QED) is 0.522. The fourth-order valence-electron chi connectivity index (χ4n) is 1.10. The monoisotopic (exact) mass is 240 g/mol. The van der Waals surface area contributed by atoms with Crippen LogP contribution < -0.4 is 5.56 Å². The lowest BCUT2D eigenvalue weighted by Crippen LogP contribution is -2.14. The number of nitrogens with one attached hydrogen (secondary N) is 2. The third-order valence-electron chi connectivity index (χ3n) is 1.93. The molecule has 3 N–H and O–H groups in total. The van der Waals surface area contributed by atoms with Gasteiger partial charge in [0.25, 0.3) is 5.56 Å². The molecule has 0 aliphatic heterocycles. The molecule has 0 saturated carbocycles. The Labute approximate surface area is 93.3 Å². The van der Waals surface area contributed by atoms with Crippen LogP contribution in [0, 0.1) is 0 Å². The number of carboxylic acids is 1. The number of fused-ring (bicyclic) bond motifs is 1. The van der Waals surface area contributed by atoms with Crippen molar-refractivity contribution in [1.29, 1.82) is 0 Å². The number of aromatic nitrogens is 4. The van der Waals surface area contributed by atoms with Crippen LogP contribution in [0.1, 0.15) is 6.92 Å². The van der Waals surface area contributed by atoms with E-state index in [1.807, 2.05) is 0 Å². The number of hydrogen-bond donors (Lipinski definition) is 3. The molecule has 2 aromatic heterocycles. The maximum absolute atomic E-state index is 11.5. The van der Waals surface area contributed by atoms with Crippen LogP contribution >= 0.6 is 11.8 Å². The zero-order valence-corrected chi connectivity index (χ0v) is 9.04. The van der Waals surface area contributed by atoms with Crippen LogP contribution in [-0.4, -0.2) is 36.5 Å². The summed E-state index contributed by atoms with van der Waals surface area (Å²) in [5.41, 5.74) is 0.0164. The molecule has 0 bridgehead atoms. The molecule has 0 unspecified atom stereocenters. The van der Waals surface area contributed by atoms with Gasteiger partial charge in [-0.25, -0.2) is 4.98 Å². The lowest BCUT2D eigenvalue weighted by molar-refractivity contribution is -0.136. The Morgan fingerprint density at radius 1 is 1.62 bits per heavy atom. The Hall–Kier alpha value is -1.83. The number of hydrogen-bond acceptors (Lipinski definition) is 5. The highest BCUT2D eigenvalue weighted by molar-refractivity contribution is 8.00. The molecule has 0 aliphatic carbocycles. The van der Waals surface area contributed by atoms with Crippen molar-refractivity contribution < 1.29 is 9.90 Å². The van der Waals surface area contributed by atoms with Gasteiger partial charge in [-0.2, -0.15) is 5.10 Å². The summed E-state index contributed by atoms with van der Waals surface area (Å²) in [6.07, 6.45) is 1.37. The second kappa shape index (κ2) is 3.97. The molecule has 0 spiro atoms. The lowest BCUT2D eigenvalue weighted by atomic mass is 10.4. The highest BCUT2D eigenvalue weighted by atomic mass is 32.2. The zero-order chi connectivity index (χ0) is 11.7. The Morgan fingerprint density at radius 2 is 2.38 bits per heavy atom. The molecular formula is C8H8N4O3S. The van der Waals surface area contributed by atoms with E-state index in [9.17, 15) is 9.59 Å². The van der Waals surface area contributed by atoms with Crippen molar-refractivity contribution in [3.05, 3.63) is 16.6 Å². The van der Waals surface area contributed by atoms with E-state index < -0.39 is 11.2 Å². The van der Waals surface area contributed by atoms with E-state index in [1.165, 1.54) is 13.1 Å². The van der Waals surface area contributed by atoms with E-state index in [1.54, 1.807) is 0 Å². The van der Waals surface area contributed by atoms with E-state index >= 15 is 0 Å². The van der Waals surface area contributed by atoms with Crippen molar-refractivity contribution >= 4 is 28.8 Å². The van der Waals surface area contributed by atoms with Gasteiger partial charge in [-0.05, 0) is 6.92 Å². The number of thioether (sulfide) groups is 1. The fourth-order valence-corrected chi connectivity index (χ4v) is 1.83. The van der Waals surface area contributed by atoms with Crippen LogP contribution in [0.2, 0.25) is 0 Å². The highest BCUT2D eigenvalue weighted by Crippen LogP contribution is 2.19. The molecular weight excluding hydrogens is 232 g/mol. The molecule has 0 fully saturated rings. The normalized spacial score (nSPS) is 12.8. The summed E-state index contributed by atoms with van der Waals surface area (Å²) in [5.74, 6) is -0.961. The summed E-state index contributed by atoms with van der Waals surface area (Å²) in [6.45, 7) is 1.52. The number of aromatic amines is 2. The minimum Gasteiger partial charge on any atom is -0.480 e. The summed E-state index contributed by atoms with van der Waals surface area (Å²) < 4.78 is 0. The minimum absolute atomic E-state index is 0.261. The van der Waals surface area contributed by atoms with Gasteiger partial charge in [-0.3, -0.25) is 14.7 Å². The summed E-state index contributed by atoms with van der Waals surface area (Å²) >= 11 is 0.970. The van der Waals surface area contributed by atoms with Crippen LogP contribution in [0.15, 0.2) is 16.1 Å². The van der Waals surface area contributed by atoms with Crippen molar-refractivity contribution in [2.24, 2.45) is 0 Å². The molecule has 84 valence electrons. The predicted octanol–water partition coefficient (Wildman–Crippen LogP) is 0.211. The SMILES string of the molecule is C[C@H](Sc1nc2[nH]ncc2c(=O)[nH]1)C(=O)O. The maximum atomic E-state index is 11.5. The largest absolute Gasteiger partial charge is 0.480 e. The molecule has 0 saturated heterocycles.